The number of thioether (sulfide) groups is 1. The molecule has 0 amide bonds. The van der Waals surface area contributed by atoms with Gasteiger partial charge in [0.1, 0.15) is 9.25 Å². The van der Waals surface area contributed by atoms with E-state index in [4.69, 9.17) is 9.73 Å². The maximum absolute atomic E-state index is 13.5. The predicted octanol–water partition coefficient (Wildman–Crippen LogP) is 3.88. The summed E-state index contributed by atoms with van der Waals surface area (Å²) in [6, 6.07) is 10.00. The number of benzene rings is 1. The van der Waals surface area contributed by atoms with Crippen LogP contribution >= 0.6 is 23.1 Å². The van der Waals surface area contributed by atoms with Gasteiger partial charge in [0, 0.05) is 30.3 Å². The molecule has 5 rings (SSSR count). The Balaban J connectivity index is 1.43. The van der Waals surface area contributed by atoms with Crippen LogP contribution in [0.15, 0.2) is 51.0 Å². The fourth-order valence-corrected chi connectivity index (χ4v) is 7.86. The van der Waals surface area contributed by atoms with Crippen LogP contribution in [-0.2, 0) is 14.8 Å². The molecule has 4 heterocycles. The molecule has 0 bridgehead atoms. The van der Waals surface area contributed by atoms with Crippen molar-refractivity contribution in [3.05, 3.63) is 47.5 Å². The van der Waals surface area contributed by atoms with Gasteiger partial charge in [0.15, 0.2) is 0 Å². The van der Waals surface area contributed by atoms with E-state index < -0.39 is 23.0 Å². The first-order chi connectivity index (χ1) is 16.4. The first-order valence-electron chi connectivity index (χ1n) is 10.9. The molecule has 0 radical (unpaired) electrons. The highest BCUT2D eigenvalue weighted by molar-refractivity contribution is 8.15. The first kappa shape index (κ1) is 23.7. The Morgan fingerprint density at radius 3 is 2.79 bits per heavy atom. The third-order valence-corrected chi connectivity index (χ3v) is 10.1. The van der Waals surface area contributed by atoms with Crippen molar-refractivity contribution in [2.75, 3.05) is 50.2 Å². The van der Waals surface area contributed by atoms with Crippen LogP contribution in [0.4, 0.5) is 14.5 Å². The highest BCUT2D eigenvalue weighted by Gasteiger charge is 2.31. The van der Waals surface area contributed by atoms with Gasteiger partial charge in [-0.25, -0.2) is 17.2 Å². The van der Waals surface area contributed by atoms with Crippen molar-refractivity contribution in [1.82, 2.24) is 9.88 Å². The van der Waals surface area contributed by atoms with E-state index in [1.165, 1.54) is 6.07 Å². The number of halogens is 2. The van der Waals surface area contributed by atoms with Gasteiger partial charge in [-0.1, -0.05) is 30.0 Å². The fourth-order valence-electron chi connectivity index (χ4n) is 4.17. The smallest absolute Gasteiger partial charge is 0.274 e. The summed E-state index contributed by atoms with van der Waals surface area (Å²) in [5.41, 5.74) is 1.46. The van der Waals surface area contributed by atoms with Crippen LogP contribution in [-0.4, -0.2) is 81.0 Å². The molecule has 0 spiro atoms. The van der Waals surface area contributed by atoms with Crippen molar-refractivity contribution in [2.24, 2.45) is 4.99 Å². The second-order valence-electron chi connectivity index (χ2n) is 8.08. The number of H-pyrrole nitrogens is 1. The number of hydrogen-bond donors (Lipinski definition) is 1. The molecule has 1 saturated heterocycles. The number of nitrogens with zero attached hydrogens (tertiary/aromatic N) is 3. The van der Waals surface area contributed by atoms with Gasteiger partial charge in [-0.05, 0) is 23.6 Å². The topological polar surface area (TPSA) is 78.0 Å². The summed E-state index contributed by atoms with van der Waals surface area (Å²) in [4.78, 5) is 10.3. The molecule has 2 aliphatic rings. The van der Waals surface area contributed by atoms with Gasteiger partial charge < -0.3 is 9.72 Å². The Bertz CT molecular complexity index is 1270. The average Bonchev–Trinajstić information content (AvgIpc) is 3.58. The largest absolute Gasteiger partial charge is 0.379 e. The van der Waals surface area contributed by atoms with Crippen molar-refractivity contribution in [1.29, 1.82) is 0 Å². The Labute approximate surface area is 204 Å². The second kappa shape index (κ2) is 9.94. The number of morpholine rings is 1. The SMILES string of the molecule is O=S(=O)(c1cccs1)N(CC(F)F)c1cccc2cc(C3=NCC(CN4CCOCC4)S3)[nH]c12. The fraction of sp³-hybridized carbons (Fsp3) is 0.409. The minimum atomic E-state index is -4.13. The molecule has 1 aromatic carbocycles. The summed E-state index contributed by atoms with van der Waals surface area (Å²) in [6.07, 6.45) is -2.82. The van der Waals surface area contributed by atoms with Crippen LogP contribution in [0.25, 0.3) is 10.9 Å². The van der Waals surface area contributed by atoms with Gasteiger partial charge in [0.05, 0.1) is 43.2 Å². The quantitative estimate of drug-likeness (QED) is 0.482. The number of aromatic amines is 1. The number of thiophene rings is 1. The van der Waals surface area contributed by atoms with E-state index in [0.717, 1.165) is 64.6 Å². The Kier molecular flexibility index (Phi) is 6.94. The van der Waals surface area contributed by atoms with Gasteiger partial charge in [-0.2, -0.15) is 0 Å². The number of alkyl halides is 2. The lowest BCUT2D eigenvalue weighted by atomic mass is 10.2. The molecule has 0 aliphatic carbocycles. The van der Waals surface area contributed by atoms with E-state index in [1.807, 2.05) is 12.1 Å². The van der Waals surface area contributed by atoms with Gasteiger partial charge in [-0.3, -0.25) is 14.2 Å². The van der Waals surface area contributed by atoms with Crippen molar-refractivity contribution in [2.45, 2.75) is 15.9 Å². The number of anilines is 1. The molecule has 0 saturated carbocycles. The molecule has 182 valence electrons. The molecule has 12 heteroatoms. The number of rotatable bonds is 8. The monoisotopic (exact) mass is 526 g/mol. The predicted molar refractivity (Wildman–Crippen MR) is 133 cm³/mol. The molecule has 1 N–H and O–H groups in total. The maximum atomic E-state index is 13.5. The Hall–Kier alpha value is -1.99. The number of aliphatic imine (C=N–C) groups is 1. The third-order valence-electron chi connectivity index (χ3n) is 5.76. The van der Waals surface area contributed by atoms with E-state index >= 15 is 0 Å². The highest BCUT2D eigenvalue weighted by atomic mass is 32.2. The number of fused-ring (bicyclic) bond motifs is 1. The van der Waals surface area contributed by atoms with Gasteiger partial charge in [0.2, 0.25) is 0 Å². The zero-order valence-electron chi connectivity index (χ0n) is 18.2. The van der Waals surface area contributed by atoms with E-state index in [-0.39, 0.29) is 9.90 Å². The molecule has 2 aromatic heterocycles. The first-order valence-corrected chi connectivity index (χ1v) is 14.1. The van der Waals surface area contributed by atoms with Crippen molar-refractivity contribution in [3.8, 4) is 0 Å². The van der Waals surface area contributed by atoms with Crippen LogP contribution in [0.2, 0.25) is 0 Å². The van der Waals surface area contributed by atoms with Gasteiger partial charge in [0.25, 0.3) is 16.4 Å². The number of aromatic nitrogens is 1. The lowest BCUT2D eigenvalue weighted by Gasteiger charge is -2.28. The Morgan fingerprint density at radius 1 is 1.24 bits per heavy atom. The number of ether oxygens (including phenoxy) is 1. The number of nitrogens with one attached hydrogen (secondary N) is 1. The van der Waals surface area contributed by atoms with E-state index in [2.05, 4.69) is 9.88 Å². The standard InChI is InChI=1S/C22H24F2N4O3S3/c23-19(24)14-28(34(29,30)20-5-2-10-32-20)18-4-1-3-15-11-17(26-21(15)18)22-25-12-16(33-22)13-27-6-8-31-9-7-27/h1-5,10-11,16,19,26H,6-9,12-14H2. The lowest BCUT2D eigenvalue weighted by molar-refractivity contribution is 0.0385. The number of sulfonamides is 1. The van der Waals surface area contributed by atoms with Crippen LogP contribution < -0.4 is 4.31 Å². The highest BCUT2D eigenvalue weighted by Crippen LogP contribution is 2.35. The molecular weight excluding hydrogens is 502 g/mol. The zero-order chi connectivity index (χ0) is 23.7. The van der Waals surface area contributed by atoms with E-state index in [9.17, 15) is 17.2 Å². The van der Waals surface area contributed by atoms with Crippen LogP contribution in [0.3, 0.4) is 0 Å². The molecule has 7 nitrogen and oxygen atoms in total. The van der Waals surface area contributed by atoms with E-state index in [0.29, 0.717) is 17.3 Å². The lowest BCUT2D eigenvalue weighted by Crippen LogP contribution is -2.40. The van der Waals surface area contributed by atoms with Crippen LogP contribution in [0.5, 0.6) is 0 Å². The summed E-state index contributed by atoms with van der Waals surface area (Å²) >= 11 is 2.69. The molecule has 1 fully saturated rings. The molecule has 34 heavy (non-hydrogen) atoms. The minimum absolute atomic E-state index is 0.0265. The van der Waals surface area contributed by atoms with Crippen molar-refractivity contribution < 1.29 is 21.9 Å². The van der Waals surface area contributed by atoms with Crippen LogP contribution in [0.1, 0.15) is 5.69 Å². The maximum Gasteiger partial charge on any atom is 0.274 e. The molecule has 3 aromatic rings. The van der Waals surface area contributed by atoms with Crippen molar-refractivity contribution >= 4 is 54.8 Å². The summed E-state index contributed by atoms with van der Waals surface area (Å²) in [5, 5.41) is 3.53. The Morgan fingerprint density at radius 2 is 2.06 bits per heavy atom. The normalized spacial score (nSPS) is 19.7. The van der Waals surface area contributed by atoms with Crippen LogP contribution in [0, 0.1) is 0 Å². The summed E-state index contributed by atoms with van der Waals surface area (Å²) in [7, 11) is -4.13. The van der Waals surface area contributed by atoms with E-state index in [1.54, 1.807) is 35.3 Å². The van der Waals surface area contributed by atoms with Crippen molar-refractivity contribution in [3.63, 3.8) is 0 Å². The number of para-hydroxylation sites is 1. The molecule has 1 atom stereocenters. The third kappa shape index (κ3) is 4.87. The minimum Gasteiger partial charge on any atom is -0.379 e. The molecular formula is C22H24F2N4O3S3. The number of hydrogen-bond acceptors (Lipinski definition) is 7. The van der Waals surface area contributed by atoms with Gasteiger partial charge >= 0.3 is 0 Å². The zero-order valence-corrected chi connectivity index (χ0v) is 20.6. The summed E-state index contributed by atoms with van der Waals surface area (Å²) < 4.78 is 59.6. The second-order valence-corrected chi connectivity index (χ2v) is 12.4. The van der Waals surface area contributed by atoms with Gasteiger partial charge in [-0.15, -0.1) is 11.3 Å². The summed E-state index contributed by atoms with van der Waals surface area (Å²) in [5.74, 6) is 0. The summed E-state index contributed by atoms with van der Waals surface area (Å²) in [6.45, 7) is 4.03. The molecule has 1 unspecified atom stereocenters. The average molecular weight is 527 g/mol. The molecule has 2 aliphatic heterocycles.